The smallest absolute Gasteiger partial charge is 0.223 e. The van der Waals surface area contributed by atoms with E-state index in [1.807, 2.05) is 18.7 Å². The number of amides is 1. The molecule has 1 heterocycles. The maximum absolute atomic E-state index is 12.7. The number of nitrogens with one attached hydrogen (secondary N) is 1. The molecule has 0 saturated heterocycles. The molecule has 1 aromatic heterocycles. The number of carbonyl (C=O) groups excluding carboxylic acids is 1. The Kier molecular flexibility index (Phi) is 4.91. The van der Waals surface area contributed by atoms with Crippen LogP contribution in [0, 0.1) is 29.6 Å². The number of rotatable bonds is 8. The minimum Gasteiger partial charge on any atom is -0.356 e. The van der Waals surface area contributed by atoms with E-state index in [4.69, 9.17) is 0 Å². The highest BCUT2D eigenvalue weighted by atomic mass is 16.1. The van der Waals surface area contributed by atoms with Crippen LogP contribution >= 0.6 is 0 Å². The third-order valence-corrected chi connectivity index (χ3v) is 6.73. The highest BCUT2D eigenvalue weighted by molar-refractivity contribution is 5.79. The molecule has 4 heteroatoms. The summed E-state index contributed by atoms with van der Waals surface area (Å²) < 4.78 is 2.13. The molecule has 1 aromatic rings. The summed E-state index contributed by atoms with van der Waals surface area (Å²) in [5, 5.41) is 3.26. The molecule has 5 rings (SSSR count). The van der Waals surface area contributed by atoms with Gasteiger partial charge in [0.15, 0.2) is 0 Å². The monoisotopic (exact) mass is 329 g/mol. The van der Waals surface area contributed by atoms with E-state index >= 15 is 0 Å². The first-order valence-corrected chi connectivity index (χ1v) is 10.0. The summed E-state index contributed by atoms with van der Waals surface area (Å²) in [6.45, 7) is 1.92. The number of carbonyl (C=O) groups is 1. The Morgan fingerprint density at radius 3 is 2.38 bits per heavy atom. The predicted octanol–water partition coefficient (Wildman–Crippen LogP) is 3.63. The standard InChI is InChI=1S/C20H31N3O/c24-20(19-17-10-15-9-16(12-17)13-18(19)11-15)22-5-3-1-2-4-7-23-8-6-21-14-23/h6,8,14-19H,1-5,7,9-13H2,(H,22,24). The van der Waals surface area contributed by atoms with Crippen LogP contribution in [0.2, 0.25) is 0 Å². The van der Waals surface area contributed by atoms with Crippen molar-refractivity contribution in [3.8, 4) is 0 Å². The molecule has 1 amide bonds. The van der Waals surface area contributed by atoms with Gasteiger partial charge in [-0.15, -0.1) is 0 Å². The van der Waals surface area contributed by atoms with Gasteiger partial charge in [0.1, 0.15) is 0 Å². The summed E-state index contributed by atoms with van der Waals surface area (Å²) in [5.41, 5.74) is 0. The molecule has 0 radical (unpaired) electrons. The van der Waals surface area contributed by atoms with Crippen molar-refractivity contribution in [1.29, 1.82) is 0 Å². The first-order valence-electron chi connectivity index (χ1n) is 10.0. The predicted molar refractivity (Wildman–Crippen MR) is 94.2 cm³/mol. The van der Waals surface area contributed by atoms with Crippen LogP contribution in [-0.2, 0) is 11.3 Å². The Morgan fingerprint density at radius 2 is 1.71 bits per heavy atom. The zero-order chi connectivity index (χ0) is 16.4. The Bertz CT molecular complexity index is 511. The summed E-state index contributed by atoms with van der Waals surface area (Å²) in [4.78, 5) is 16.7. The van der Waals surface area contributed by atoms with Crippen molar-refractivity contribution >= 4 is 5.91 Å². The SMILES string of the molecule is O=C(NCCCCCCn1ccnc1)C1C2CC3CC(C2)CC1C3. The van der Waals surface area contributed by atoms with Crippen molar-refractivity contribution in [3.63, 3.8) is 0 Å². The summed E-state index contributed by atoms with van der Waals surface area (Å²) in [6, 6.07) is 0. The molecule has 0 spiro atoms. The van der Waals surface area contributed by atoms with E-state index in [0.29, 0.717) is 23.7 Å². The van der Waals surface area contributed by atoms with E-state index in [1.54, 1.807) is 0 Å². The fourth-order valence-corrected chi connectivity index (χ4v) is 5.87. The molecule has 0 unspecified atom stereocenters. The molecular formula is C20H31N3O. The number of aryl methyl sites for hydroxylation is 1. The van der Waals surface area contributed by atoms with Gasteiger partial charge >= 0.3 is 0 Å². The second-order valence-corrected chi connectivity index (χ2v) is 8.46. The Labute approximate surface area is 145 Å². The van der Waals surface area contributed by atoms with Crippen molar-refractivity contribution in [2.75, 3.05) is 6.54 Å². The lowest BCUT2D eigenvalue weighted by molar-refractivity contribution is -0.138. The van der Waals surface area contributed by atoms with Gasteiger partial charge in [-0.25, -0.2) is 4.98 Å². The van der Waals surface area contributed by atoms with Crippen LogP contribution in [0.1, 0.15) is 57.8 Å². The number of imidazole rings is 1. The van der Waals surface area contributed by atoms with E-state index in [9.17, 15) is 4.79 Å². The first kappa shape index (κ1) is 16.2. The Morgan fingerprint density at radius 1 is 1.00 bits per heavy atom. The molecule has 24 heavy (non-hydrogen) atoms. The molecular weight excluding hydrogens is 298 g/mol. The lowest BCUT2D eigenvalue weighted by Crippen LogP contribution is -2.51. The minimum atomic E-state index is 0.346. The third kappa shape index (κ3) is 3.52. The molecule has 4 bridgehead atoms. The average Bonchev–Trinajstić information content (AvgIpc) is 3.06. The summed E-state index contributed by atoms with van der Waals surface area (Å²) >= 11 is 0. The fraction of sp³-hybridized carbons (Fsp3) is 0.800. The van der Waals surface area contributed by atoms with Gasteiger partial charge < -0.3 is 9.88 Å². The molecule has 1 N–H and O–H groups in total. The highest BCUT2D eigenvalue weighted by Crippen LogP contribution is 2.56. The molecule has 4 fully saturated rings. The van der Waals surface area contributed by atoms with E-state index < -0.39 is 0 Å². The first-order chi connectivity index (χ1) is 11.8. The summed E-state index contributed by atoms with van der Waals surface area (Å²) in [5.74, 6) is 4.04. The fourth-order valence-electron chi connectivity index (χ4n) is 5.87. The Balaban J connectivity index is 1.12. The van der Waals surface area contributed by atoms with Gasteiger partial charge in [-0.2, -0.15) is 0 Å². The molecule has 0 aliphatic heterocycles. The topological polar surface area (TPSA) is 46.9 Å². The van der Waals surface area contributed by atoms with Crippen molar-refractivity contribution < 1.29 is 4.79 Å². The molecule has 0 aromatic carbocycles. The molecule has 132 valence electrons. The highest BCUT2D eigenvalue weighted by Gasteiger charge is 2.50. The Hall–Kier alpha value is -1.32. The van der Waals surface area contributed by atoms with Gasteiger partial charge in [-0.3, -0.25) is 4.79 Å². The van der Waals surface area contributed by atoms with Crippen LogP contribution in [0.3, 0.4) is 0 Å². The van der Waals surface area contributed by atoms with Crippen LogP contribution in [0.5, 0.6) is 0 Å². The molecule has 4 aliphatic rings. The molecule has 4 saturated carbocycles. The van der Waals surface area contributed by atoms with Crippen LogP contribution in [0.4, 0.5) is 0 Å². The number of hydrogen-bond donors (Lipinski definition) is 1. The van der Waals surface area contributed by atoms with Crippen LogP contribution in [-0.4, -0.2) is 22.0 Å². The lowest BCUT2D eigenvalue weighted by Gasteiger charge is -2.53. The van der Waals surface area contributed by atoms with E-state index in [1.165, 1.54) is 51.4 Å². The van der Waals surface area contributed by atoms with E-state index in [-0.39, 0.29) is 0 Å². The largest absolute Gasteiger partial charge is 0.356 e. The third-order valence-electron chi connectivity index (χ3n) is 6.73. The quantitative estimate of drug-likeness (QED) is 0.740. The van der Waals surface area contributed by atoms with Crippen LogP contribution < -0.4 is 5.32 Å². The van der Waals surface area contributed by atoms with Crippen LogP contribution in [0.25, 0.3) is 0 Å². The normalized spacial score (nSPS) is 33.8. The minimum absolute atomic E-state index is 0.346. The van der Waals surface area contributed by atoms with E-state index in [2.05, 4.69) is 14.9 Å². The van der Waals surface area contributed by atoms with Gasteiger partial charge in [0, 0.05) is 31.4 Å². The van der Waals surface area contributed by atoms with Crippen LogP contribution in [0.15, 0.2) is 18.7 Å². The van der Waals surface area contributed by atoms with Gasteiger partial charge in [-0.1, -0.05) is 12.8 Å². The van der Waals surface area contributed by atoms with Gasteiger partial charge in [0.25, 0.3) is 0 Å². The second-order valence-electron chi connectivity index (χ2n) is 8.46. The average molecular weight is 329 g/mol. The van der Waals surface area contributed by atoms with Gasteiger partial charge in [0.05, 0.1) is 6.33 Å². The van der Waals surface area contributed by atoms with Crippen molar-refractivity contribution in [2.45, 2.75) is 64.3 Å². The van der Waals surface area contributed by atoms with E-state index in [0.717, 1.165) is 31.3 Å². The second kappa shape index (κ2) is 7.28. The number of nitrogens with zero attached hydrogens (tertiary/aromatic N) is 2. The van der Waals surface area contributed by atoms with Crippen molar-refractivity contribution in [3.05, 3.63) is 18.7 Å². The maximum Gasteiger partial charge on any atom is 0.223 e. The van der Waals surface area contributed by atoms with Gasteiger partial charge in [0.2, 0.25) is 5.91 Å². The molecule has 4 aliphatic carbocycles. The number of unbranched alkanes of at least 4 members (excludes halogenated alkanes) is 3. The lowest BCUT2D eigenvalue weighted by atomic mass is 9.51. The molecule has 4 nitrogen and oxygen atoms in total. The van der Waals surface area contributed by atoms with Crippen molar-refractivity contribution in [2.24, 2.45) is 29.6 Å². The zero-order valence-electron chi connectivity index (χ0n) is 14.7. The number of hydrogen-bond acceptors (Lipinski definition) is 2. The maximum atomic E-state index is 12.7. The summed E-state index contributed by atoms with van der Waals surface area (Å²) in [6.07, 6.45) is 17.3. The summed E-state index contributed by atoms with van der Waals surface area (Å²) in [7, 11) is 0. The van der Waals surface area contributed by atoms with Gasteiger partial charge in [-0.05, 0) is 68.6 Å². The number of aromatic nitrogens is 2. The van der Waals surface area contributed by atoms with Crippen molar-refractivity contribution in [1.82, 2.24) is 14.9 Å². The zero-order valence-corrected chi connectivity index (χ0v) is 14.7. The molecule has 0 atom stereocenters.